The van der Waals surface area contributed by atoms with Gasteiger partial charge in [0.25, 0.3) is 0 Å². The van der Waals surface area contributed by atoms with E-state index >= 15 is 0 Å². The number of urea groups is 1. The SMILES string of the molecule is Cc1nc2n(n1)CCCC2NC(=O)NC1CCCCC1CO. The number of nitrogens with one attached hydrogen (secondary N) is 2. The van der Waals surface area contributed by atoms with E-state index in [-0.39, 0.29) is 30.6 Å². The molecule has 22 heavy (non-hydrogen) atoms. The van der Waals surface area contributed by atoms with E-state index in [1.54, 1.807) is 0 Å². The minimum Gasteiger partial charge on any atom is -0.396 e. The number of carbonyl (C=O) groups is 1. The van der Waals surface area contributed by atoms with Crippen LogP contribution in [0.3, 0.4) is 0 Å². The molecule has 1 aromatic rings. The van der Waals surface area contributed by atoms with Gasteiger partial charge in [0.2, 0.25) is 0 Å². The number of amides is 2. The van der Waals surface area contributed by atoms with Gasteiger partial charge in [0, 0.05) is 25.1 Å². The summed E-state index contributed by atoms with van der Waals surface area (Å²) in [6, 6.07) is -0.169. The average molecular weight is 307 g/mol. The van der Waals surface area contributed by atoms with Crippen LogP contribution in [0.5, 0.6) is 0 Å². The largest absolute Gasteiger partial charge is 0.396 e. The Bertz CT molecular complexity index is 530. The fourth-order valence-corrected chi connectivity index (χ4v) is 3.59. The van der Waals surface area contributed by atoms with Crippen LogP contribution in [-0.2, 0) is 6.54 Å². The number of aryl methyl sites for hydroxylation is 2. The molecule has 3 unspecified atom stereocenters. The first-order valence-corrected chi connectivity index (χ1v) is 8.26. The second-order valence-electron chi connectivity index (χ2n) is 6.39. The van der Waals surface area contributed by atoms with E-state index in [4.69, 9.17) is 0 Å². The van der Waals surface area contributed by atoms with E-state index in [1.165, 1.54) is 0 Å². The van der Waals surface area contributed by atoms with Gasteiger partial charge < -0.3 is 15.7 Å². The van der Waals surface area contributed by atoms with Crippen LogP contribution in [0.1, 0.15) is 56.2 Å². The minimum atomic E-state index is -0.163. The highest BCUT2D eigenvalue weighted by Crippen LogP contribution is 2.25. The van der Waals surface area contributed by atoms with Gasteiger partial charge in [0.15, 0.2) is 0 Å². The van der Waals surface area contributed by atoms with Crippen molar-refractivity contribution in [3.05, 3.63) is 11.6 Å². The minimum absolute atomic E-state index is 0.0712. The van der Waals surface area contributed by atoms with Gasteiger partial charge in [-0.25, -0.2) is 14.5 Å². The number of hydrogen-bond donors (Lipinski definition) is 3. The monoisotopic (exact) mass is 307 g/mol. The molecule has 0 bridgehead atoms. The molecule has 1 aliphatic carbocycles. The fourth-order valence-electron chi connectivity index (χ4n) is 3.59. The van der Waals surface area contributed by atoms with Crippen molar-refractivity contribution >= 4 is 6.03 Å². The van der Waals surface area contributed by atoms with Crippen LogP contribution < -0.4 is 10.6 Å². The third-order valence-corrected chi connectivity index (χ3v) is 4.75. The zero-order valence-electron chi connectivity index (χ0n) is 13.1. The van der Waals surface area contributed by atoms with Crippen molar-refractivity contribution in [3.8, 4) is 0 Å². The van der Waals surface area contributed by atoms with Crippen LogP contribution in [0.4, 0.5) is 4.79 Å². The molecule has 0 saturated heterocycles. The maximum absolute atomic E-state index is 12.3. The second kappa shape index (κ2) is 6.64. The van der Waals surface area contributed by atoms with Gasteiger partial charge in [0.1, 0.15) is 11.6 Å². The summed E-state index contributed by atoms with van der Waals surface area (Å²) >= 11 is 0. The van der Waals surface area contributed by atoms with Crippen LogP contribution in [0.2, 0.25) is 0 Å². The average Bonchev–Trinajstić information content (AvgIpc) is 2.89. The van der Waals surface area contributed by atoms with E-state index in [9.17, 15) is 9.90 Å². The molecular formula is C15H25N5O2. The standard InChI is InChI=1S/C15H25N5O2/c1-10-16-14-13(7-4-8-20(14)19-10)18-15(22)17-12-6-3-2-5-11(12)9-21/h11-13,21H,2-9H2,1H3,(H2,17,18,22). The van der Waals surface area contributed by atoms with Crippen molar-refractivity contribution in [2.75, 3.05) is 6.61 Å². The lowest BCUT2D eigenvalue weighted by Gasteiger charge is -2.32. The molecule has 0 spiro atoms. The number of aliphatic hydroxyl groups excluding tert-OH is 1. The molecule has 1 aliphatic heterocycles. The van der Waals surface area contributed by atoms with E-state index in [1.807, 2.05) is 11.6 Å². The van der Waals surface area contributed by atoms with E-state index in [0.717, 1.165) is 56.7 Å². The summed E-state index contributed by atoms with van der Waals surface area (Å²) in [5.41, 5.74) is 0. The smallest absolute Gasteiger partial charge is 0.315 e. The number of fused-ring (bicyclic) bond motifs is 1. The number of aliphatic hydroxyl groups is 1. The molecule has 3 atom stereocenters. The van der Waals surface area contributed by atoms with Crippen molar-refractivity contribution in [1.82, 2.24) is 25.4 Å². The normalized spacial score (nSPS) is 28.0. The highest BCUT2D eigenvalue weighted by molar-refractivity contribution is 5.74. The Morgan fingerprint density at radius 3 is 2.91 bits per heavy atom. The Morgan fingerprint density at radius 1 is 1.27 bits per heavy atom. The fraction of sp³-hybridized carbons (Fsp3) is 0.800. The topological polar surface area (TPSA) is 92.1 Å². The molecule has 3 N–H and O–H groups in total. The van der Waals surface area contributed by atoms with Gasteiger partial charge in [-0.1, -0.05) is 12.8 Å². The van der Waals surface area contributed by atoms with Gasteiger partial charge in [0.05, 0.1) is 6.04 Å². The predicted octanol–water partition coefficient (Wildman–Crippen LogP) is 1.27. The Kier molecular flexibility index (Phi) is 4.61. The molecule has 2 aliphatic rings. The van der Waals surface area contributed by atoms with Gasteiger partial charge in [-0.2, -0.15) is 5.10 Å². The Hall–Kier alpha value is -1.63. The molecule has 2 amide bonds. The second-order valence-corrected chi connectivity index (χ2v) is 6.39. The number of nitrogens with zero attached hydrogens (tertiary/aromatic N) is 3. The maximum atomic E-state index is 12.3. The highest BCUT2D eigenvalue weighted by Gasteiger charge is 2.28. The van der Waals surface area contributed by atoms with Gasteiger partial charge in [-0.05, 0) is 32.6 Å². The third kappa shape index (κ3) is 3.24. The van der Waals surface area contributed by atoms with Crippen LogP contribution in [-0.4, -0.2) is 38.6 Å². The summed E-state index contributed by atoms with van der Waals surface area (Å²) in [4.78, 5) is 16.7. The summed E-state index contributed by atoms with van der Waals surface area (Å²) in [6.45, 7) is 2.88. The lowest BCUT2D eigenvalue weighted by atomic mass is 9.85. The van der Waals surface area contributed by atoms with Crippen LogP contribution in [0, 0.1) is 12.8 Å². The predicted molar refractivity (Wildman–Crippen MR) is 81.2 cm³/mol. The van der Waals surface area contributed by atoms with Crippen molar-refractivity contribution < 1.29 is 9.90 Å². The lowest BCUT2D eigenvalue weighted by molar-refractivity contribution is 0.152. The van der Waals surface area contributed by atoms with Crippen LogP contribution in [0.15, 0.2) is 0 Å². The van der Waals surface area contributed by atoms with Gasteiger partial charge in [-0.3, -0.25) is 0 Å². The first-order valence-electron chi connectivity index (χ1n) is 8.26. The molecule has 2 heterocycles. The van der Waals surface area contributed by atoms with Crippen LogP contribution >= 0.6 is 0 Å². The molecule has 1 saturated carbocycles. The summed E-state index contributed by atoms with van der Waals surface area (Å²) in [5, 5.41) is 19.8. The Labute approximate surface area is 130 Å². The Balaban J connectivity index is 1.60. The molecule has 122 valence electrons. The summed E-state index contributed by atoms with van der Waals surface area (Å²) in [6.07, 6.45) is 6.05. The van der Waals surface area contributed by atoms with E-state index in [0.29, 0.717) is 0 Å². The summed E-state index contributed by atoms with van der Waals surface area (Å²) < 4.78 is 1.89. The molecule has 1 aromatic heterocycles. The van der Waals surface area contributed by atoms with Crippen molar-refractivity contribution in [1.29, 1.82) is 0 Å². The third-order valence-electron chi connectivity index (χ3n) is 4.75. The zero-order valence-corrected chi connectivity index (χ0v) is 13.1. The molecule has 1 fully saturated rings. The molecule has 0 aromatic carbocycles. The summed E-state index contributed by atoms with van der Waals surface area (Å²) in [7, 11) is 0. The van der Waals surface area contributed by atoms with E-state index < -0.39 is 0 Å². The summed E-state index contributed by atoms with van der Waals surface area (Å²) in [5.74, 6) is 1.77. The molecule has 7 nitrogen and oxygen atoms in total. The first kappa shape index (κ1) is 15.3. The van der Waals surface area contributed by atoms with Crippen LogP contribution in [0.25, 0.3) is 0 Å². The first-order chi connectivity index (χ1) is 10.7. The van der Waals surface area contributed by atoms with Crippen molar-refractivity contribution in [2.24, 2.45) is 5.92 Å². The number of carbonyl (C=O) groups excluding carboxylic acids is 1. The zero-order chi connectivity index (χ0) is 15.5. The quantitative estimate of drug-likeness (QED) is 0.784. The number of hydrogen-bond acceptors (Lipinski definition) is 4. The molecular weight excluding hydrogens is 282 g/mol. The molecule has 7 heteroatoms. The molecule has 3 rings (SSSR count). The van der Waals surface area contributed by atoms with Crippen molar-refractivity contribution in [3.63, 3.8) is 0 Å². The van der Waals surface area contributed by atoms with Crippen molar-refractivity contribution in [2.45, 2.75) is 64.1 Å². The van der Waals surface area contributed by atoms with E-state index in [2.05, 4.69) is 20.7 Å². The number of rotatable bonds is 3. The highest BCUT2D eigenvalue weighted by atomic mass is 16.3. The maximum Gasteiger partial charge on any atom is 0.315 e. The molecule has 0 radical (unpaired) electrons. The van der Waals surface area contributed by atoms with Gasteiger partial charge in [-0.15, -0.1) is 0 Å². The number of aromatic nitrogens is 3. The van der Waals surface area contributed by atoms with Gasteiger partial charge >= 0.3 is 6.03 Å². The lowest BCUT2D eigenvalue weighted by Crippen LogP contribution is -2.49. The Morgan fingerprint density at radius 2 is 2.09 bits per heavy atom.